The van der Waals surface area contributed by atoms with Gasteiger partial charge in [0, 0.05) is 6.54 Å². The number of rotatable bonds is 6. The number of nitrogens with two attached hydrogens (primary N) is 1. The first-order chi connectivity index (χ1) is 13.0. The van der Waals surface area contributed by atoms with Gasteiger partial charge in [-0.2, -0.15) is 0 Å². The van der Waals surface area contributed by atoms with Crippen molar-refractivity contribution in [3.05, 3.63) is 48.0 Å². The summed E-state index contributed by atoms with van der Waals surface area (Å²) in [4.78, 5) is 24.8. The Bertz CT molecular complexity index is 812. The summed E-state index contributed by atoms with van der Waals surface area (Å²) in [5, 5.41) is 5.19. The summed E-state index contributed by atoms with van der Waals surface area (Å²) >= 11 is 0. The van der Waals surface area contributed by atoms with Gasteiger partial charge in [0.2, 0.25) is 5.91 Å². The molecule has 0 spiro atoms. The number of nitrogens with one attached hydrogen (secondary N) is 1. The molecule has 3 rings (SSSR count). The van der Waals surface area contributed by atoms with Crippen LogP contribution >= 0.6 is 0 Å². The van der Waals surface area contributed by atoms with Gasteiger partial charge in [0.25, 0.3) is 0 Å². The number of methoxy groups -OCH3 is 1. The molecule has 5 heteroatoms. The third-order valence-corrected chi connectivity index (χ3v) is 5.54. The van der Waals surface area contributed by atoms with E-state index in [-0.39, 0.29) is 18.4 Å². The van der Waals surface area contributed by atoms with Crippen LogP contribution in [-0.4, -0.2) is 31.1 Å². The number of fused-ring (bicyclic) bond motifs is 1. The lowest BCUT2D eigenvalue weighted by atomic mass is 9.82. The predicted octanol–water partition coefficient (Wildman–Crippen LogP) is 2.95. The van der Waals surface area contributed by atoms with E-state index < -0.39 is 11.5 Å². The summed E-state index contributed by atoms with van der Waals surface area (Å²) in [6.07, 6.45) is 4.98. The van der Waals surface area contributed by atoms with E-state index in [1.165, 1.54) is 7.11 Å². The summed E-state index contributed by atoms with van der Waals surface area (Å²) in [5.41, 5.74) is 6.52. The first kappa shape index (κ1) is 19.4. The van der Waals surface area contributed by atoms with Crippen molar-refractivity contribution < 1.29 is 14.3 Å². The highest BCUT2D eigenvalue weighted by molar-refractivity contribution is 5.87. The lowest BCUT2D eigenvalue weighted by Gasteiger charge is -2.32. The second kappa shape index (κ2) is 8.53. The molecule has 0 bridgehead atoms. The Labute approximate surface area is 160 Å². The van der Waals surface area contributed by atoms with E-state index in [0.29, 0.717) is 19.3 Å². The number of esters is 1. The van der Waals surface area contributed by atoms with Gasteiger partial charge in [-0.25, -0.2) is 0 Å². The Morgan fingerprint density at radius 1 is 1.11 bits per heavy atom. The fourth-order valence-corrected chi connectivity index (χ4v) is 3.86. The molecule has 1 saturated carbocycles. The molecule has 27 heavy (non-hydrogen) atoms. The van der Waals surface area contributed by atoms with E-state index in [9.17, 15) is 9.59 Å². The molecule has 5 nitrogen and oxygen atoms in total. The average Bonchev–Trinajstić information content (AvgIpc) is 2.70. The van der Waals surface area contributed by atoms with Crippen molar-refractivity contribution in [2.75, 3.05) is 13.7 Å². The quantitative estimate of drug-likeness (QED) is 0.768. The largest absolute Gasteiger partial charge is 0.469 e. The topological polar surface area (TPSA) is 81.4 Å². The van der Waals surface area contributed by atoms with Crippen LogP contribution in [0.5, 0.6) is 0 Å². The Kier molecular flexibility index (Phi) is 6.11. The zero-order valence-corrected chi connectivity index (χ0v) is 15.9. The van der Waals surface area contributed by atoms with Crippen molar-refractivity contribution in [1.29, 1.82) is 0 Å². The highest BCUT2D eigenvalue weighted by Crippen LogP contribution is 2.26. The number of benzene rings is 2. The molecule has 0 aliphatic heterocycles. The lowest BCUT2D eigenvalue weighted by molar-refractivity contribution is -0.145. The number of carbonyl (C=O) groups is 2. The van der Waals surface area contributed by atoms with E-state index in [4.69, 9.17) is 10.5 Å². The summed E-state index contributed by atoms with van der Waals surface area (Å²) in [6.45, 7) is 0.233. The molecular formula is C22H28N2O3. The zero-order chi connectivity index (χ0) is 19.3. The SMILES string of the molecule is COC(=O)C(CNC(=O)C1(N)CCCCC1)Cc1ccc2ccccc2c1. The predicted molar refractivity (Wildman–Crippen MR) is 106 cm³/mol. The lowest BCUT2D eigenvalue weighted by Crippen LogP contribution is -2.56. The summed E-state index contributed by atoms with van der Waals surface area (Å²) in [7, 11) is 1.38. The minimum absolute atomic E-state index is 0.158. The van der Waals surface area contributed by atoms with E-state index in [0.717, 1.165) is 35.6 Å². The zero-order valence-electron chi connectivity index (χ0n) is 15.9. The molecule has 1 atom stereocenters. The highest BCUT2D eigenvalue weighted by atomic mass is 16.5. The van der Waals surface area contributed by atoms with Crippen molar-refractivity contribution in [2.24, 2.45) is 11.7 Å². The third kappa shape index (κ3) is 4.66. The first-order valence-corrected chi connectivity index (χ1v) is 9.64. The van der Waals surface area contributed by atoms with Gasteiger partial charge >= 0.3 is 5.97 Å². The van der Waals surface area contributed by atoms with Crippen molar-refractivity contribution in [1.82, 2.24) is 5.32 Å². The van der Waals surface area contributed by atoms with E-state index in [2.05, 4.69) is 29.6 Å². The highest BCUT2D eigenvalue weighted by Gasteiger charge is 2.35. The van der Waals surface area contributed by atoms with Crippen LogP contribution in [0.15, 0.2) is 42.5 Å². The molecule has 1 fully saturated rings. The van der Waals surface area contributed by atoms with Crippen molar-refractivity contribution in [2.45, 2.75) is 44.1 Å². The molecule has 2 aromatic rings. The molecule has 1 amide bonds. The molecule has 1 unspecified atom stereocenters. The van der Waals surface area contributed by atoms with E-state index in [1.807, 2.05) is 18.2 Å². The Hall–Kier alpha value is -2.40. The number of ether oxygens (including phenoxy) is 1. The van der Waals surface area contributed by atoms with Gasteiger partial charge in [-0.1, -0.05) is 61.7 Å². The van der Waals surface area contributed by atoms with Crippen LogP contribution in [0.25, 0.3) is 10.8 Å². The monoisotopic (exact) mass is 368 g/mol. The van der Waals surface area contributed by atoms with E-state index >= 15 is 0 Å². The minimum atomic E-state index is -0.804. The minimum Gasteiger partial charge on any atom is -0.469 e. The molecule has 3 N–H and O–H groups in total. The van der Waals surface area contributed by atoms with Crippen molar-refractivity contribution in [3.8, 4) is 0 Å². The maximum atomic E-state index is 12.6. The fraction of sp³-hybridized carbons (Fsp3) is 0.455. The molecule has 0 radical (unpaired) electrons. The van der Waals surface area contributed by atoms with Crippen molar-refractivity contribution >= 4 is 22.6 Å². The van der Waals surface area contributed by atoms with Gasteiger partial charge in [-0.15, -0.1) is 0 Å². The molecule has 0 saturated heterocycles. The van der Waals surface area contributed by atoms with Crippen LogP contribution in [0, 0.1) is 5.92 Å². The molecular weight excluding hydrogens is 340 g/mol. The standard InChI is InChI=1S/C22H28N2O3/c1-27-20(25)19(15-24-21(26)22(23)11-5-2-6-12-22)14-16-9-10-17-7-3-4-8-18(17)13-16/h3-4,7-10,13,19H,2,5-6,11-12,14-15,23H2,1H3,(H,24,26). The molecule has 0 aromatic heterocycles. The van der Waals surface area contributed by atoms with Crippen LogP contribution in [0.4, 0.5) is 0 Å². The number of amides is 1. The molecule has 0 heterocycles. The maximum absolute atomic E-state index is 12.6. The number of carbonyl (C=O) groups excluding carboxylic acids is 2. The number of hydrogen-bond acceptors (Lipinski definition) is 4. The van der Waals surface area contributed by atoms with Gasteiger partial charge in [0.15, 0.2) is 0 Å². The van der Waals surface area contributed by atoms with Gasteiger partial charge in [-0.05, 0) is 35.6 Å². The van der Waals surface area contributed by atoms with Gasteiger partial charge < -0.3 is 15.8 Å². The number of hydrogen-bond donors (Lipinski definition) is 2. The van der Waals surface area contributed by atoms with Crippen LogP contribution in [0.1, 0.15) is 37.7 Å². The van der Waals surface area contributed by atoms with Crippen LogP contribution in [-0.2, 0) is 20.7 Å². The van der Waals surface area contributed by atoms with E-state index in [1.54, 1.807) is 0 Å². The molecule has 1 aliphatic carbocycles. The Balaban J connectivity index is 1.68. The van der Waals surface area contributed by atoms with Crippen LogP contribution in [0.3, 0.4) is 0 Å². The van der Waals surface area contributed by atoms with Gasteiger partial charge in [-0.3, -0.25) is 9.59 Å². The van der Waals surface area contributed by atoms with Gasteiger partial charge in [0.05, 0.1) is 18.6 Å². The first-order valence-electron chi connectivity index (χ1n) is 9.64. The van der Waals surface area contributed by atoms with Gasteiger partial charge in [0.1, 0.15) is 0 Å². The molecule has 2 aromatic carbocycles. The Morgan fingerprint density at radius 2 is 1.81 bits per heavy atom. The maximum Gasteiger partial charge on any atom is 0.310 e. The Morgan fingerprint density at radius 3 is 2.52 bits per heavy atom. The fourth-order valence-electron chi connectivity index (χ4n) is 3.86. The van der Waals surface area contributed by atoms with Crippen LogP contribution < -0.4 is 11.1 Å². The molecule has 144 valence electrons. The van der Waals surface area contributed by atoms with Crippen molar-refractivity contribution in [3.63, 3.8) is 0 Å². The third-order valence-electron chi connectivity index (χ3n) is 5.54. The molecule has 1 aliphatic rings. The normalized spacial score (nSPS) is 17.3. The smallest absolute Gasteiger partial charge is 0.310 e. The average molecular weight is 368 g/mol. The summed E-state index contributed by atoms with van der Waals surface area (Å²) in [5.74, 6) is -0.917. The second-order valence-electron chi connectivity index (χ2n) is 7.53. The van der Waals surface area contributed by atoms with Crippen LogP contribution in [0.2, 0.25) is 0 Å². The summed E-state index contributed by atoms with van der Waals surface area (Å²) < 4.78 is 4.95. The second-order valence-corrected chi connectivity index (χ2v) is 7.53. The summed E-state index contributed by atoms with van der Waals surface area (Å²) in [6, 6.07) is 14.3.